The molecule has 0 unspecified atom stereocenters. The summed E-state index contributed by atoms with van der Waals surface area (Å²) in [5, 5.41) is 2.82. The Morgan fingerprint density at radius 2 is 1.96 bits per heavy atom. The zero-order valence-corrected chi connectivity index (χ0v) is 14.1. The first-order valence-electron chi connectivity index (χ1n) is 7.40. The molecule has 1 saturated heterocycles. The third-order valence-corrected chi connectivity index (χ3v) is 4.06. The number of ether oxygens (including phenoxy) is 1. The highest BCUT2D eigenvalue weighted by Crippen LogP contribution is 2.16. The van der Waals surface area contributed by atoms with E-state index in [4.69, 9.17) is 4.74 Å². The van der Waals surface area contributed by atoms with E-state index in [1.807, 2.05) is 24.3 Å². The number of anilines is 2. The van der Waals surface area contributed by atoms with Gasteiger partial charge in [-0.1, -0.05) is 28.1 Å². The number of rotatable bonds is 4. The first kappa shape index (κ1) is 15.9. The normalized spacial score (nSPS) is 14.6. The minimum absolute atomic E-state index is 0.0982. The molecule has 1 fully saturated rings. The molecule has 1 aliphatic rings. The summed E-state index contributed by atoms with van der Waals surface area (Å²) in [6.45, 7) is 2.97. The van der Waals surface area contributed by atoms with Crippen molar-refractivity contribution < 1.29 is 9.53 Å². The largest absolute Gasteiger partial charge is 0.378 e. The maximum atomic E-state index is 12.1. The van der Waals surface area contributed by atoms with Gasteiger partial charge in [-0.05, 0) is 17.7 Å². The Morgan fingerprint density at radius 1 is 1.22 bits per heavy atom. The van der Waals surface area contributed by atoms with E-state index in [2.05, 4.69) is 36.1 Å². The Labute approximate surface area is 143 Å². The topological polar surface area (TPSA) is 67.4 Å². The molecule has 0 bridgehead atoms. The van der Waals surface area contributed by atoms with Crippen LogP contribution in [0.15, 0.2) is 41.1 Å². The zero-order chi connectivity index (χ0) is 16.1. The SMILES string of the molecule is O=C(Cc1ccc(Br)cc1)Nc1cc(N2CCOCC2)ncn1. The van der Waals surface area contributed by atoms with Crippen molar-refractivity contribution in [1.29, 1.82) is 0 Å². The molecule has 120 valence electrons. The van der Waals surface area contributed by atoms with Gasteiger partial charge in [0.15, 0.2) is 0 Å². The number of halogens is 1. The van der Waals surface area contributed by atoms with Crippen LogP contribution in [0.1, 0.15) is 5.56 Å². The predicted octanol–water partition coefficient (Wildman–Crippen LogP) is 2.26. The van der Waals surface area contributed by atoms with E-state index in [1.54, 1.807) is 6.07 Å². The fourth-order valence-electron chi connectivity index (χ4n) is 2.36. The second-order valence-electron chi connectivity index (χ2n) is 5.21. The average molecular weight is 377 g/mol. The standard InChI is InChI=1S/C16H17BrN4O2/c17-13-3-1-12(2-4-13)9-16(22)20-14-10-15(19-11-18-14)21-5-7-23-8-6-21/h1-4,10-11H,5-9H2,(H,18,19,20,22). The molecule has 0 atom stereocenters. The highest BCUT2D eigenvalue weighted by atomic mass is 79.9. The lowest BCUT2D eigenvalue weighted by molar-refractivity contribution is -0.115. The molecular formula is C16H17BrN4O2. The molecule has 23 heavy (non-hydrogen) atoms. The van der Waals surface area contributed by atoms with E-state index in [1.165, 1.54) is 6.33 Å². The molecule has 1 aromatic heterocycles. The van der Waals surface area contributed by atoms with Crippen LogP contribution < -0.4 is 10.2 Å². The van der Waals surface area contributed by atoms with Crippen molar-refractivity contribution in [3.63, 3.8) is 0 Å². The second kappa shape index (κ2) is 7.52. The van der Waals surface area contributed by atoms with Crippen molar-refractivity contribution in [2.75, 3.05) is 36.5 Å². The molecule has 3 rings (SSSR count). The van der Waals surface area contributed by atoms with Gasteiger partial charge in [-0.15, -0.1) is 0 Å². The Morgan fingerprint density at radius 3 is 2.70 bits per heavy atom. The molecule has 1 N–H and O–H groups in total. The minimum atomic E-state index is -0.0982. The molecule has 0 spiro atoms. The molecule has 2 heterocycles. The number of aromatic nitrogens is 2. The van der Waals surface area contributed by atoms with Crippen molar-refractivity contribution in [2.24, 2.45) is 0 Å². The van der Waals surface area contributed by atoms with Gasteiger partial charge in [0.1, 0.15) is 18.0 Å². The highest BCUT2D eigenvalue weighted by molar-refractivity contribution is 9.10. The van der Waals surface area contributed by atoms with E-state index in [0.717, 1.165) is 28.9 Å². The number of benzene rings is 1. The van der Waals surface area contributed by atoms with E-state index >= 15 is 0 Å². The van der Waals surface area contributed by atoms with Gasteiger partial charge in [-0.3, -0.25) is 4.79 Å². The summed E-state index contributed by atoms with van der Waals surface area (Å²) in [6.07, 6.45) is 1.78. The number of carbonyl (C=O) groups is 1. The van der Waals surface area contributed by atoms with Gasteiger partial charge < -0.3 is 15.0 Å². The zero-order valence-electron chi connectivity index (χ0n) is 12.5. The van der Waals surface area contributed by atoms with Crippen LogP contribution in [0.2, 0.25) is 0 Å². The Kier molecular flexibility index (Phi) is 5.19. The van der Waals surface area contributed by atoms with Crippen LogP contribution >= 0.6 is 15.9 Å². The third kappa shape index (κ3) is 4.49. The summed E-state index contributed by atoms with van der Waals surface area (Å²) < 4.78 is 6.33. The number of hydrogen-bond donors (Lipinski definition) is 1. The molecule has 1 aromatic carbocycles. The molecule has 7 heteroatoms. The van der Waals surface area contributed by atoms with E-state index in [0.29, 0.717) is 25.5 Å². The Balaban J connectivity index is 1.62. The number of hydrogen-bond acceptors (Lipinski definition) is 5. The summed E-state index contributed by atoms with van der Waals surface area (Å²) >= 11 is 3.38. The maximum Gasteiger partial charge on any atom is 0.229 e. The van der Waals surface area contributed by atoms with Crippen molar-refractivity contribution in [3.05, 3.63) is 46.7 Å². The molecular weight excluding hydrogens is 360 g/mol. The fraction of sp³-hybridized carbons (Fsp3) is 0.312. The molecule has 0 radical (unpaired) electrons. The number of carbonyl (C=O) groups excluding carboxylic acids is 1. The molecule has 2 aromatic rings. The number of nitrogens with zero attached hydrogens (tertiary/aromatic N) is 3. The number of amides is 1. The molecule has 1 amide bonds. The lowest BCUT2D eigenvalue weighted by Crippen LogP contribution is -2.36. The molecule has 1 aliphatic heterocycles. The van der Waals surface area contributed by atoms with Crippen LogP contribution in [-0.2, 0) is 16.0 Å². The maximum absolute atomic E-state index is 12.1. The Hall–Kier alpha value is -1.99. The van der Waals surface area contributed by atoms with Crippen LogP contribution in [0, 0.1) is 0 Å². The van der Waals surface area contributed by atoms with Gasteiger partial charge in [-0.25, -0.2) is 9.97 Å². The fourth-order valence-corrected chi connectivity index (χ4v) is 2.62. The van der Waals surface area contributed by atoms with Gasteiger partial charge in [-0.2, -0.15) is 0 Å². The predicted molar refractivity (Wildman–Crippen MR) is 91.5 cm³/mol. The smallest absolute Gasteiger partial charge is 0.229 e. The number of nitrogens with one attached hydrogen (secondary N) is 1. The summed E-state index contributed by atoms with van der Waals surface area (Å²) in [6, 6.07) is 9.48. The molecule has 0 aliphatic carbocycles. The highest BCUT2D eigenvalue weighted by Gasteiger charge is 2.13. The van der Waals surface area contributed by atoms with Gasteiger partial charge in [0.25, 0.3) is 0 Å². The Bertz CT molecular complexity index is 672. The summed E-state index contributed by atoms with van der Waals surface area (Å²) in [4.78, 5) is 22.6. The van der Waals surface area contributed by atoms with Crippen molar-refractivity contribution in [2.45, 2.75) is 6.42 Å². The first-order chi connectivity index (χ1) is 11.2. The monoisotopic (exact) mass is 376 g/mol. The van der Waals surface area contributed by atoms with E-state index in [-0.39, 0.29) is 5.91 Å². The van der Waals surface area contributed by atoms with Gasteiger partial charge >= 0.3 is 0 Å². The van der Waals surface area contributed by atoms with Crippen molar-refractivity contribution in [1.82, 2.24) is 9.97 Å². The van der Waals surface area contributed by atoms with Crippen LogP contribution in [0.5, 0.6) is 0 Å². The van der Waals surface area contributed by atoms with Crippen LogP contribution in [0.3, 0.4) is 0 Å². The second-order valence-corrected chi connectivity index (χ2v) is 6.13. The average Bonchev–Trinajstić information content (AvgIpc) is 2.58. The lowest BCUT2D eigenvalue weighted by atomic mass is 10.1. The summed E-state index contributed by atoms with van der Waals surface area (Å²) in [5.41, 5.74) is 0.952. The quantitative estimate of drug-likeness (QED) is 0.886. The van der Waals surface area contributed by atoms with Gasteiger partial charge in [0.2, 0.25) is 5.91 Å². The van der Waals surface area contributed by atoms with E-state index < -0.39 is 0 Å². The van der Waals surface area contributed by atoms with Crippen LogP contribution in [0.4, 0.5) is 11.6 Å². The minimum Gasteiger partial charge on any atom is -0.378 e. The molecule has 0 saturated carbocycles. The van der Waals surface area contributed by atoms with E-state index in [9.17, 15) is 4.79 Å². The van der Waals surface area contributed by atoms with Crippen LogP contribution in [0.25, 0.3) is 0 Å². The van der Waals surface area contributed by atoms with Gasteiger partial charge in [0, 0.05) is 23.6 Å². The summed E-state index contributed by atoms with van der Waals surface area (Å²) in [7, 11) is 0. The lowest BCUT2D eigenvalue weighted by Gasteiger charge is -2.27. The van der Waals surface area contributed by atoms with Crippen molar-refractivity contribution >= 4 is 33.5 Å². The number of morpholine rings is 1. The third-order valence-electron chi connectivity index (χ3n) is 3.53. The first-order valence-corrected chi connectivity index (χ1v) is 8.19. The van der Waals surface area contributed by atoms with Crippen molar-refractivity contribution in [3.8, 4) is 0 Å². The van der Waals surface area contributed by atoms with Crippen LogP contribution in [-0.4, -0.2) is 42.2 Å². The molecule has 6 nitrogen and oxygen atoms in total. The van der Waals surface area contributed by atoms with Gasteiger partial charge in [0.05, 0.1) is 19.6 Å². The summed E-state index contributed by atoms with van der Waals surface area (Å²) in [5.74, 6) is 1.23.